The van der Waals surface area contributed by atoms with Gasteiger partial charge in [0, 0.05) is 4.47 Å². The van der Waals surface area contributed by atoms with Gasteiger partial charge in [0.2, 0.25) is 10.0 Å². The number of tetrazole rings is 1. The molecule has 0 atom stereocenters. The van der Waals surface area contributed by atoms with Crippen molar-refractivity contribution in [2.75, 3.05) is 0 Å². The highest BCUT2D eigenvalue weighted by molar-refractivity contribution is 9.10. The van der Waals surface area contributed by atoms with Crippen LogP contribution < -0.4 is 4.72 Å². The van der Waals surface area contributed by atoms with Gasteiger partial charge in [-0.1, -0.05) is 5.21 Å². The van der Waals surface area contributed by atoms with E-state index in [4.69, 9.17) is 0 Å². The third-order valence-corrected chi connectivity index (χ3v) is 4.37. The third-order valence-electron chi connectivity index (χ3n) is 1.99. The van der Waals surface area contributed by atoms with Gasteiger partial charge in [-0.3, -0.25) is 0 Å². The maximum atomic E-state index is 12.9. The van der Waals surface area contributed by atoms with E-state index < -0.39 is 15.8 Å². The maximum Gasteiger partial charge on any atom is 0.242 e. The molecule has 10 heteroatoms. The number of aromatic nitrogens is 4. The molecule has 1 heterocycles. The number of hydrogen-bond donors (Lipinski definition) is 2. The Bertz CT molecular complexity index is 646. The zero-order chi connectivity index (χ0) is 13.2. The van der Waals surface area contributed by atoms with Crippen molar-refractivity contribution < 1.29 is 12.8 Å². The lowest BCUT2D eigenvalue weighted by Crippen LogP contribution is -2.24. The highest BCUT2D eigenvalue weighted by Crippen LogP contribution is 2.22. The molecule has 0 aliphatic rings. The largest absolute Gasteiger partial charge is 0.242 e. The van der Waals surface area contributed by atoms with Crippen LogP contribution in [0.4, 0.5) is 4.39 Å². The van der Waals surface area contributed by atoms with E-state index in [9.17, 15) is 12.8 Å². The molecule has 0 aliphatic heterocycles. The summed E-state index contributed by atoms with van der Waals surface area (Å²) < 4.78 is 39.1. The monoisotopic (exact) mass is 335 g/mol. The zero-order valence-corrected chi connectivity index (χ0v) is 11.2. The molecule has 2 N–H and O–H groups in total. The smallest absolute Gasteiger partial charge is 0.207 e. The van der Waals surface area contributed by atoms with Crippen LogP contribution in [0.1, 0.15) is 5.82 Å². The van der Waals surface area contributed by atoms with E-state index in [2.05, 4.69) is 41.3 Å². The minimum Gasteiger partial charge on any atom is -0.207 e. The van der Waals surface area contributed by atoms with Crippen LogP contribution in [-0.2, 0) is 16.6 Å². The minimum atomic E-state index is -3.77. The van der Waals surface area contributed by atoms with Crippen LogP contribution in [0, 0.1) is 5.82 Å². The van der Waals surface area contributed by atoms with Crippen molar-refractivity contribution in [1.82, 2.24) is 25.3 Å². The van der Waals surface area contributed by atoms with Gasteiger partial charge in [0.1, 0.15) is 5.82 Å². The predicted octanol–water partition coefficient (Wildman–Crippen LogP) is 0.580. The average molecular weight is 336 g/mol. The topological polar surface area (TPSA) is 101 Å². The summed E-state index contributed by atoms with van der Waals surface area (Å²) in [5.41, 5.74) is 0. The first-order valence-electron chi connectivity index (χ1n) is 4.66. The lowest BCUT2D eigenvalue weighted by atomic mass is 10.3. The molecule has 0 saturated carbocycles. The molecular formula is C8H7BrFN5O2S. The van der Waals surface area contributed by atoms with Crippen LogP contribution in [0.25, 0.3) is 0 Å². The summed E-state index contributed by atoms with van der Waals surface area (Å²) in [5, 5.41) is 12.7. The zero-order valence-electron chi connectivity index (χ0n) is 8.76. The van der Waals surface area contributed by atoms with E-state index >= 15 is 0 Å². The normalized spacial score (nSPS) is 11.7. The molecule has 2 rings (SSSR count). The average Bonchev–Trinajstić information content (AvgIpc) is 2.78. The van der Waals surface area contributed by atoms with Crippen molar-refractivity contribution in [2.45, 2.75) is 11.4 Å². The predicted molar refractivity (Wildman–Crippen MR) is 62.3 cm³/mol. The highest BCUT2D eigenvalue weighted by Gasteiger charge is 2.18. The number of hydrogen-bond acceptors (Lipinski definition) is 5. The second-order valence-corrected chi connectivity index (χ2v) is 5.82. The van der Waals surface area contributed by atoms with Crippen molar-refractivity contribution in [3.8, 4) is 0 Å². The van der Waals surface area contributed by atoms with Crippen LogP contribution in [0.3, 0.4) is 0 Å². The fourth-order valence-corrected chi connectivity index (χ4v) is 3.22. The van der Waals surface area contributed by atoms with E-state index in [0.29, 0.717) is 0 Å². The lowest BCUT2D eigenvalue weighted by molar-refractivity contribution is 0.577. The van der Waals surface area contributed by atoms with Crippen molar-refractivity contribution in [1.29, 1.82) is 0 Å². The Morgan fingerprint density at radius 3 is 2.83 bits per heavy atom. The van der Waals surface area contributed by atoms with E-state index in [0.717, 1.165) is 18.2 Å². The third kappa shape index (κ3) is 2.89. The molecule has 0 radical (unpaired) electrons. The van der Waals surface area contributed by atoms with Crippen LogP contribution in [0.5, 0.6) is 0 Å². The molecule has 0 saturated heterocycles. The van der Waals surface area contributed by atoms with Crippen molar-refractivity contribution in [3.05, 3.63) is 34.3 Å². The molecule has 0 fully saturated rings. The molecule has 0 spiro atoms. The quantitative estimate of drug-likeness (QED) is 0.851. The Morgan fingerprint density at radius 2 is 2.22 bits per heavy atom. The summed E-state index contributed by atoms with van der Waals surface area (Å²) >= 11 is 2.99. The number of aromatic amines is 1. The Morgan fingerprint density at radius 1 is 1.44 bits per heavy atom. The number of nitrogens with zero attached hydrogens (tertiary/aromatic N) is 3. The van der Waals surface area contributed by atoms with Gasteiger partial charge < -0.3 is 0 Å². The number of sulfonamides is 1. The van der Waals surface area contributed by atoms with Crippen LogP contribution in [0.15, 0.2) is 27.6 Å². The SMILES string of the molecule is O=S(=O)(NCc1nn[nH]n1)c1ccc(F)cc1Br. The number of benzene rings is 1. The highest BCUT2D eigenvalue weighted by atomic mass is 79.9. The van der Waals surface area contributed by atoms with Gasteiger partial charge in [-0.15, -0.1) is 10.2 Å². The number of H-pyrrole nitrogens is 1. The summed E-state index contributed by atoms with van der Waals surface area (Å²) in [4.78, 5) is -0.0626. The first-order valence-corrected chi connectivity index (χ1v) is 6.94. The standard InChI is InChI=1S/C8H7BrFN5O2S/c9-6-3-5(10)1-2-7(6)18(16,17)11-4-8-12-14-15-13-8/h1-3,11H,4H2,(H,12,13,14,15). The second-order valence-electron chi connectivity index (χ2n) is 3.23. The minimum absolute atomic E-state index is 0.0626. The molecule has 0 bridgehead atoms. The van der Waals surface area contributed by atoms with Gasteiger partial charge in [-0.2, -0.15) is 5.21 Å². The summed E-state index contributed by atoms with van der Waals surface area (Å²) in [5.74, 6) is -0.323. The second kappa shape index (κ2) is 5.08. The maximum absolute atomic E-state index is 12.9. The first-order chi connectivity index (χ1) is 8.49. The molecule has 7 nitrogen and oxygen atoms in total. The number of halogens is 2. The summed E-state index contributed by atoms with van der Waals surface area (Å²) in [6, 6.07) is 3.30. The Balaban J connectivity index is 2.20. The van der Waals surface area contributed by atoms with Gasteiger partial charge >= 0.3 is 0 Å². The summed E-state index contributed by atoms with van der Waals surface area (Å²) in [7, 11) is -3.77. The molecule has 1 aromatic heterocycles. The Labute approximate surface area is 110 Å². The molecule has 0 aliphatic carbocycles. The van der Waals surface area contributed by atoms with E-state index in [-0.39, 0.29) is 21.7 Å². The molecule has 18 heavy (non-hydrogen) atoms. The molecule has 2 aromatic rings. The summed E-state index contributed by atoms with van der Waals surface area (Å²) in [6.07, 6.45) is 0. The summed E-state index contributed by atoms with van der Waals surface area (Å²) in [6.45, 7) is -0.108. The number of nitrogens with one attached hydrogen (secondary N) is 2. The van der Waals surface area contributed by atoms with Crippen molar-refractivity contribution >= 4 is 26.0 Å². The first kappa shape index (κ1) is 13.1. The van der Waals surface area contributed by atoms with Gasteiger partial charge in [-0.05, 0) is 34.1 Å². The van der Waals surface area contributed by atoms with Crippen LogP contribution in [0.2, 0.25) is 0 Å². The molecule has 0 unspecified atom stereocenters. The van der Waals surface area contributed by atoms with Gasteiger partial charge in [-0.25, -0.2) is 17.5 Å². The van der Waals surface area contributed by atoms with E-state index in [1.54, 1.807) is 0 Å². The van der Waals surface area contributed by atoms with E-state index in [1.165, 1.54) is 0 Å². The molecular weight excluding hydrogens is 329 g/mol. The fourth-order valence-electron chi connectivity index (χ4n) is 1.19. The van der Waals surface area contributed by atoms with Crippen LogP contribution >= 0.6 is 15.9 Å². The molecule has 96 valence electrons. The van der Waals surface area contributed by atoms with Gasteiger partial charge in [0.15, 0.2) is 5.82 Å². The number of rotatable bonds is 4. The van der Waals surface area contributed by atoms with Crippen molar-refractivity contribution in [3.63, 3.8) is 0 Å². The lowest BCUT2D eigenvalue weighted by Gasteiger charge is -2.06. The van der Waals surface area contributed by atoms with E-state index in [1.807, 2.05) is 0 Å². The van der Waals surface area contributed by atoms with Gasteiger partial charge in [0.05, 0.1) is 11.4 Å². The molecule has 0 amide bonds. The fraction of sp³-hybridized carbons (Fsp3) is 0.125. The van der Waals surface area contributed by atoms with Crippen molar-refractivity contribution in [2.24, 2.45) is 0 Å². The molecule has 1 aromatic carbocycles. The Hall–Kier alpha value is -1.39. The van der Waals surface area contributed by atoms with Gasteiger partial charge in [0.25, 0.3) is 0 Å². The van der Waals surface area contributed by atoms with Crippen LogP contribution in [-0.4, -0.2) is 29.0 Å². The Kier molecular flexibility index (Phi) is 3.68.